The van der Waals surface area contributed by atoms with E-state index in [9.17, 15) is 9.59 Å². The molecule has 0 heterocycles. The minimum absolute atomic E-state index is 0.305. The van der Waals surface area contributed by atoms with Crippen molar-refractivity contribution in [3.63, 3.8) is 0 Å². The van der Waals surface area contributed by atoms with Crippen LogP contribution in [0, 0.1) is 5.41 Å². The summed E-state index contributed by atoms with van der Waals surface area (Å²) in [6.07, 6.45) is 0.369. The summed E-state index contributed by atoms with van der Waals surface area (Å²) in [6, 6.07) is 6.87. The highest BCUT2D eigenvalue weighted by atomic mass is 79.9. The van der Waals surface area contributed by atoms with Crippen LogP contribution in [0.25, 0.3) is 0 Å². The number of aliphatic carboxylic acids is 1. The SMILES string of the molecule is CC(C)(CCNC(=O)Nc1cccc(Br)c1)C(=O)O. The second-order valence-electron chi connectivity index (χ2n) is 4.83. The maximum Gasteiger partial charge on any atom is 0.319 e. The molecule has 5 nitrogen and oxygen atoms in total. The van der Waals surface area contributed by atoms with Gasteiger partial charge in [-0.1, -0.05) is 22.0 Å². The molecule has 1 rings (SSSR count). The quantitative estimate of drug-likeness (QED) is 0.777. The number of rotatable bonds is 5. The minimum Gasteiger partial charge on any atom is -0.481 e. The molecule has 0 radical (unpaired) electrons. The van der Waals surface area contributed by atoms with Gasteiger partial charge in [0, 0.05) is 16.7 Å². The molecule has 0 fully saturated rings. The van der Waals surface area contributed by atoms with Gasteiger partial charge in [0.05, 0.1) is 5.41 Å². The summed E-state index contributed by atoms with van der Waals surface area (Å²) in [7, 11) is 0. The van der Waals surface area contributed by atoms with E-state index in [0.29, 0.717) is 18.7 Å². The van der Waals surface area contributed by atoms with Crippen molar-refractivity contribution in [1.29, 1.82) is 0 Å². The lowest BCUT2D eigenvalue weighted by molar-refractivity contribution is -0.147. The average molecular weight is 329 g/mol. The maximum atomic E-state index is 11.6. The lowest BCUT2D eigenvalue weighted by Crippen LogP contribution is -2.34. The van der Waals surface area contributed by atoms with Crippen molar-refractivity contribution < 1.29 is 14.7 Å². The molecule has 2 amide bonds. The zero-order valence-electron chi connectivity index (χ0n) is 10.9. The Hall–Kier alpha value is -1.56. The molecule has 0 saturated carbocycles. The molecule has 0 spiro atoms. The molecule has 0 bridgehead atoms. The van der Waals surface area contributed by atoms with Crippen LogP contribution in [0.4, 0.5) is 10.5 Å². The molecule has 3 N–H and O–H groups in total. The number of urea groups is 1. The molecule has 0 aliphatic rings. The number of carbonyl (C=O) groups excluding carboxylic acids is 1. The lowest BCUT2D eigenvalue weighted by Gasteiger charge is -2.19. The first-order valence-electron chi connectivity index (χ1n) is 5.85. The summed E-state index contributed by atoms with van der Waals surface area (Å²) in [5.41, 5.74) is -0.173. The van der Waals surface area contributed by atoms with Gasteiger partial charge in [-0.2, -0.15) is 0 Å². The molecule has 0 atom stereocenters. The molecule has 6 heteroatoms. The number of anilines is 1. The van der Waals surface area contributed by atoms with E-state index < -0.39 is 11.4 Å². The standard InChI is InChI=1S/C13H17BrN2O3/c1-13(2,11(17)18)6-7-15-12(19)16-10-5-3-4-9(14)8-10/h3-5,8H,6-7H2,1-2H3,(H,17,18)(H2,15,16,19). The normalized spacial score (nSPS) is 10.9. The van der Waals surface area contributed by atoms with Crippen LogP contribution in [-0.2, 0) is 4.79 Å². The van der Waals surface area contributed by atoms with Crippen molar-refractivity contribution in [3.05, 3.63) is 28.7 Å². The van der Waals surface area contributed by atoms with Crippen LogP contribution in [0.5, 0.6) is 0 Å². The van der Waals surface area contributed by atoms with Crippen LogP contribution in [0.3, 0.4) is 0 Å². The third-order valence-electron chi connectivity index (χ3n) is 2.70. The zero-order valence-corrected chi connectivity index (χ0v) is 12.5. The third kappa shape index (κ3) is 5.30. The fourth-order valence-electron chi connectivity index (χ4n) is 1.34. The molecule has 0 unspecified atom stereocenters. The predicted molar refractivity (Wildman–Crippen MR) is 77.2 cm³/mol. The molecule has 0 aliphatic carbocycles. The Labute approximate surface area is 120 Å². The van der Waals surface area contributed by atoms with Crippen LogP contribution < -0.4 is 10.6 Å². The second-order valence-corrected chi connectivity index (χ2v) is 5.75. The molecule has 1 aromatic rings. The highest BCUT2D eigenvalue weighted by Crippen LogP contribution is 2.19. The van der Waals surface area contributed by atoms with Gasteiger partial charge >= 0.3 is 12.0 Å². The molecule has 0 saturated heterocycles. The molecule has 19 heavy (non-hydrogen) atoms. The van der Waals surface area contributed by atoms with Crippen molar-refractivity contribution in [2.75, 3.05) is 11.9 Å². The Morgan fingerprint density at radius 2 is 2.05 bits per heavy atom. The Morgan fingerprint density at radius 3 is 2.63 bits per heavy atom. The van der Waals surface area contributed by atoms with E-state index in [1.807, 2.05) is 12.1 Å². The molecular weight excluding hydrogens is 312 g/mol. The van der Waals surface area contributed by atoms with Crippen LogP contribution >= 0.6 is 15.9 Å². The largest absolute Gasteiger partial charge is 0.481 e. The van der Waals surface area contributed by atoms with Gasteiger partial charge in [-0.05, 0) is 38.5 Å². The van der Waals surface area contributed by atoms with E-state index in [1.54, 1.807) is 26.0 Å². The lowest BCUT2D eigenvalue weighted by atomic mass is 9.90. The van der Waals surface area contributed by atoms with Gasteiger partial charge in [0.2, 0.25) is 0 Å². The predicted octanol–water partition coefficient (Wildman–Crippen LogP) is 3.07. The number of nitrogens with one attached hydrogen (secondary N) is 2. The van der Waals surface area contributed by atoms with Crippen LogP contribution in [0.2, 0.25) is 0 Å². The molecule has 104 valence electrons. The number of carboxylic acid groups (broad SMARTS) is 1. The maximum absolute atomic E-state index is 11.6. The summed E-state index contributed by atoms with van der Waals surface area (Å²) >= 11 is 3.31. The molecule has 0 aromatic heterocycles. The first-order chi connectivity index (χ1) is 8.81. The first-order valence-corrected chi connectivity index (χ1v) is 6.64. The number of carbonyl (C=O) groups is 2. The van der Waals surface area contributed by atoms with Gasteiger partial charge in [-0.15, -0.1) is 0 Å². The third-order valence-corrected chi connectivity index (χ3v) is 3.19. The van der Waals surface area contributed by atoms with E-state index in [4.69, 9.17) is 5.11 Å². The summed E-state index contributed by atoms with van der Waals surface area (Å²) in [6.45, 7) is 3.56. The summed E-state index contributed by atoms with van der Waals surface area (Å²) in [4.78, 5) is 22.5. The fourth-order valence-corrected chi connectivity index (χ4v) is 1.74. The Balaban J connectivity index is 2.39. The Morgan fingerprint density at radius 1 is 1.37 bits per heavy atom. The van der Waals surface area contributed by atoms with Gasteiger partial charge < -0.3 is 15.7 Å². The van der Waals surface area contributed by atoms with Crippen molar-refractivity contribution >= 4 is 33.6 Å². The summed E-state index contributed by atoms with van der Waals surface area (Å²) in [5, 5.41) is 14.2. The average Bonchev–Trinajstić information content (AvgIpc) is 2.28. The minimum atomic E-state index is -0.873. The zero-order chi connectivity index (χ0) is 14.5. The van der Waals surface area contributed by atoms with Gasteiger partial charge in [-0.25, -0.2) is 4.79 Å². The summed E-state index contributed by atoms with van der Waals surface area (Å²) in [5.74, 6) is -0.873. The first kappa shape index (κ1) is 15.5. The van der Waals surface area contributed by atoms with Crippen LogP contribution in [-0.4, -0.2) is 23.7 Å². The Bertz CT molecular complexity index is 475. The van der Waals surface area contributed by atoms with Crippen LogP contribution in [0.1, 0.15) is 20.3 Å². The van der Waals surface area contributed by atoms with Crippen molar-refractivity contribution in [3.8, 4) is 0 Å². The van der Waals surface area contributed by atoms with E-state index in [-0.39, 0.29) is 6.03 Å². The number of benzene rings is 1. The Kier molecular flexibility index (Phi) is 5.35. The second kappa shape index (κ2) is 6.56. The van der Waals surface area contributed by atoms with Crippen molar-refractivity contribution in [2.24, 2.45) is 5.41 Å². The highest BCUT2D eigenvalue weighted by molar-refractivity contribution is 9.10. The van der Waals surface area contributed by atoms with E-state index >= 15 is 0 Å². The van der Waals surface area contributed by atoms with Crippen molar-refractivity contribution in [1.82, 2.24) is 5.32 Å². The topological polar surface area (TPSA) is 78.4 Å². The van der Waals surface area contributed by atoms with Crippen LogP contribution in [0.15, 0.2) is 28.7 Å². The van der Waals surface area contributed by atoms with Crippen molar-refractivity contribution in [2.45, 2.75) is 20.3 Å². The van der Waals surface area contributed by atoms with E-state index in [0.717, 1.165) is 4.47 Å². The van der Waals surface area contributed by atoms with E-state index in [1.165, 1.54) is 0 Å². The molecule has 0 aliphatic heterocycles. The van der Waals surface area contributed by atoms with E-state index in [2.05, 4.69) is 26.6 Å². The van der Waals surface area contributed by atoms with Gasteiger partial charge in [-0.3, -0.25) is 4.79 Å². The monoisotopic (exact) mass is 328 g/mol. The number of carboxylic acids is 1. The molecule has 1 aromatic carbocycles. The number of hydrogen-bond acceptors (Lipinski definition) is 2. The fraction of sp³-hybridized carbons (Fsp3) is 0.385. The van der Waals surface area contributed by atoms with Gasteiger partial charge in [0.25, 0.3) is 0 Å². The number of hydrogen-bond donors (Lipinski definition) is 3. The van der Waals surface area contributed by atoms with Gasteiger partial charge in [0.15, 0.2) is 0 Å². The number of halogens is 1. The smallest absolute Gasteiger partial charge is 0.319 e. The number of amides is 2. The van der Waals surface area contributed by atoms with Gasteiger partial charge in [0.1, 0.15) is 0 Å². The molecular formula is C13H17BrN2O3. The highest BCUT2D eigenvalue weighted by Gasteiger charge is 2.26. The summed E-state index contributed by atoms with van der Waals surface area (Å²) < 4.78 is 0.873.